The summed E-state index contributed by atoms with van der Waals surface area (Å²) in [5.41, 5.74) is 13.4. The predicted octanol–water partition coefficient (Wildman–Crippen LogP) is 13.7. The van der Waals surface area contributed by atoms with Gasteiger partial charge in [0.05, 0.1) is 34.3 Å². The summed E-state index contributed by atoms with van der Waals surface area (Å²) in [5.74, 6) is 0. The summed E-state index contributed by atoms with van der Waals surface area (Å²) in [7, 11) is 0. The van der Waals surface area contributed by atoms with Crippen molar-refractivity contribution in [2.24, 2.45) is 0 Å². The number of benzene rings is 8. The third kappa shape index (κ3) is 4.29. The summed E-state index contributed by atoms with van der Waals surface area (Å²) >= 11 is 0. The van der Waals surface area contributed by atoms with Crippen LogP contribution >= 0.6 is 0 Å². The summed E-state index contributed by atoms with van der Waals surface area (Å²) in [6.45, 7) is 7.98. The number of nitrogens with zero attached hydrogens (tertiary/aromatic N) is 3. The van der Waals surface area contributed by atoms with Gasteiger partial charge in [0.1, 0.15) is 11.2 Å². The number of fused-ring (bicyclic) bond motifs is 9. The first kappa shape index (κ1) is 29.4. The topological polar surface area (TPSA) is 27.4 Å². The average Bonchev–Trinajstić information content (AvgIpc) is 3.88. The van der Waals surface area contributed by atoms with Crippen LogP contribution in [0.15, 0.2) is 180 Å². The quantitative estimate of drug-likeness (QED) is 0.171. The number of hydrogen-bond donors (Lipinski definition) is 0. The Balaban J connectivity index is 1.15. The zero-order chi connectivity index (χ0) is 35.0. The lowest BCUT2D eigenvalue weighted by Crippen LogP contribution is -1.95. The van der Waals surface area contributed by atoms with E-state index in [-0.39, 0.29) is 0 Å². The van der Waals surface area contributed by atoms with Crippen LogP contribution in [-0.4, -0.2) is 9.13 Å². The van der Waals surface area contributed by atoms with E-state index in [1.54, 1.807) is 0 Å². The maximum absolute atomic E-state index is 7.98. The maximum atomic E-state index is 7.98. The van der Waals surface area contributed by atoms with Crippen LogP contribution < -0.4 is 0 Å². The number of para-hydroxylation sites is 7. The molecule has 0 amide bonds. The van der Waals surface area contributed by atoms with Crippen LogP contribution in [0.1, 0.15) is 0 Å². The first-order valence-electron chi connectivity index (χ1n) is 17.8. The van der Waals surface area contributed by atoms with Gasteiger partial charge < -0.3 is 13.6 Å². The number of furan rings is 1. The van der Waals surface area contributed by atoms with Gasteiger partial charge in [0.15, 0.2) is 0 Å². The molecule has 0 aliphatic rings. The van der Waals surface area contributed by atoms with Crippen molar-refractivity contribution in [3.05, 3.63) is 187 Å². The number of aromatic nitrogens is 2. The molecule has 0 spiro atoms. The molecule has 8 aromatic carbocycles. The molecule has 4 nitrogen and oxygen atoms in total. The van der Waals surface area contributed by atoms with Crippen LogP contribution in [0.25, 0.3) is 104 Å². The zero-order valence-electron chi connectivity index (χ0n) is 28.5. The predicted molar refractivity (Wildman–Crippen MR) is 220 cm³/mol. The standard InChI is InChI=1S/C49H29N3O/c1-50-42-21-7-10-24-45(42)52-44-23-9-6-16-37(44)39-20-12-18-35(49(39)52)32-26-28-47-41(30-32)40-29-31(25-27-46(40)53-47)34-17-11-19-38-36-15-5-8-22-43(36)51(48(34)38)33-13-3-2-4-14-33/h2-30H. The fourth-order valence-electron chi connectivity index (χ4n) is 8.46. The lowest BCUT2D eigenvalue weighted by atomic mass is 9.98. The minimum absolute atomic E-state index is 0.620. The molecule has 0 saturated heterocycles. The molecule has 0 unspecified atom stereocenters. The van der Waals surface area contributed by atoms with Crippen molar-refractivity contribution in [3.63, 3.8) is 0 Å². The monoisotopic (exact) mass is 675 g/mol. The normalized spacial score (nSPS) is 11.8. The molecule has 0 N–H and O–H groups in total. The van der Waals surface area contributed by atoms with Gasteiger partial charge in [0.25, 0.3) is 0 Å². The fourth-order valence-corrected chi connectivity index (χ4v) is 8.46. The molecule has 0 bridgehead atoms. The SMILES string of the molecule is [C-]#[N+]c1ccccc1-n1c2ccccc2c2cccc(-c3ccc4oc5ccc(-c6cccc7c8ccccc8n(-c8ccccc8)c67)cc5c4c3)c21. The van der Waals surface area contributed by atoms with Gasteiger partial charge >= 0.3 is 0 Å². The molecule has 3 heterocycles. The van der Waals surface area contributed by atoms with Crippen LogP contribution in [0.2, 0.25) is 0 Å². The van der Waals surface area contributed by atoms with Gasteiger partial charge in [-0.05, 0) is 65.7 Å². The summed E-state index contributed by atoms with van der Waals surface area (Å²) in [5, 5.41) is 6.91. The molecule has 246 valence electrons. The van der Waals surface area contributed by atoms with Crippen molar-refractivity contribution in [3.8, 4) is 33.6 Å². The van der Waals surface area contributed by atoms with Crippen molar-refractivity contribution in [1.29, 1.82) is 0 Å². The van der Waals surface area contributed by atoms with Crippen LogP contribution in [0.4, 0.5) is 5.69 Å². The first-order chi connectivity index (χ1) is 26.3. The van der Waals surface area contributed by atoms with Gasteiger partial charge in [-0.25, -0.2) is 4.85 Å². The van der Waals surface area contributed by atoms with Gasteiger partial charge in [0, 0.05) is 49.1 Å². The van der Waals surface area contributed by atoms with Crippen molar-refractivity contribution in [1.82, 2.24) is 9.13 Å². The maximum Gasteiger partial charge on any atom is 0.210 e. The largest absolute Gasteiger partial charge is 0.456 e. The van der Waals surface area contributed by atoms with Crippen LogP contribution in [0.5, 0.6) is 0 Å². The van der Waals surface area contributed by atoms with Crippen molar-refractivity contribution < 1.29 is 4.42 Å². The molecule has 0 fully saturated rings. The Labute approximate surface area is 304 Å². The summed E-state index contributed by atoms with van der Waals surface area (Å²) < 4.78 is 11.1. The van der Waals surface area contributed by atoms with Crippen LogP contribution in [-0.2, 0) is 0 Å². The van der Waals surface area contributed by atoms with E-state index in [0.29, 0.717) is 5.69 Å². The molecule has 0 aliphatic heterocycles. The van der Waals surface area contributed by atoms with Gasteiger partial charge in [-0.3, -0.25) is 0 Å². The molecule has 0 radical (unpaired) electrons. The second kappa shape index (κ2) is 11.3. The molecule has 11 aromatic rings. The summed E-state index contributed by atoms with van der Waals surface area (Å²) in [6, 6.07) is 61.9. The minimum Gasteiger partial charge on any atom is -0.456 e. The Bertz CT molecular complexity index is 3300. The molecular weight excluding hydrogens is 647 g/mol. The van der Waals surface area contributed by atoms with E-state index in [0.717, 1.165) is 71.8 Å². The Morgan fingerprint density at radius 2 is 0.925 bits per heavy atom. The second-order valence-corrected chi connectivity index (χ2v) is 13.6. The lowest BCUT2D eigenvalue weighted by Gasteiger charge is -2.13. The Morgan fingerprint density at radius 1 is 0.415 bits per heavy atom. The molecule has 53 heavy (non-hydrogen) atoms. The second-order valence-electron chi connectivity index (χ2n) is 13.6. The summed E-state index contributed by atoms with van der Waals surface area (Å²) in [6.07, 6.45) is 0. The van der Waals surface area contributed by atoms with Crippen molar-refractivity contribution >= 4 is 71.2 Å². The van der Waals surface area contributed by atoms with Gasteiger partial charge in [-0.1, -0.05) is 121 Å². The van der Waals surface area contributed by atoms with E-state index in [1.807, 2.05) is 24.3 Å². The highest BCUT2D eigenvalue weighted by Gasteiger charge is 2.20. The van der Waals surface area contributed by atoms with Crippen molar-refractivity contribution in [2.75, 3.05) is 0 Å². The molecular formula is C49H29N3O. The third-order valence-corrected chi connectivity index (χ3v) is 10.7. The van der Waals surface area contributed by atoms with Gasteiger partial charge in [-0.15, -0.1) is 0 Å². The fraction of sp³-hybridized carbons (Fsp3) is 0. The highest BCUT2D eigenvalue weighted by atomic mass is 16.3. The highest BCUT2D eigenvalue weighted by molar-refractivity contribution is 6.17. The number of rotatable bonds is 4. The van der Waals surface area contributed by atoms with Crippen molar-refractivity contribution in [2.45, 2.75) is 0 Å². The van der Waals surface area contributed by atoms with E-state index in [2.05, 4.69) is 166 Å². The average molecular weight is 676 g/mol. The van der Waals surface area contributed by atoms with E-state index in [4.69, 9.17) is 11.0 Å². The molecule has 11 rings (SSSR count). The molecule has 0 aliphatic carbocycles. The highest BCUT2D eigenvalue weighted by Crippen LogP contribution is 2.43. The molecule has 0 atom stereocenters. The molecule has 4 heteroatoms. The van der Waals surface area contributed by atoms with E-state index in [9.17, 15) is 0 Å². The Hall–Kier alpha value is -7.35. The van der Waals surface area contributed by atoms with E-state index >= 15 is 0 Å². The lowest BCUT2D eigenvalue weighted by molar-refractivity contribution is 0.669. The summed E-state index contributed by atoms with van der Waals surface area (Å²) in [4.78, 5) is 3.91. The minimum atomic E-state index is 0.620. The Kier molecular flexibility index (Phi) is 6.28. The van der Waals surface area contributed by atoms with E-state index in [1.165, 1.54) is 27.4 Å². The van der Waals surface area contributed by atoms with Gasteiger partial charge in [-0.2, -0.15) is 0 Å². The van der Waals surface area contributed by atoms with Crippen LogP contribution in [0, 0.1) is 6.57 Å². The first-order valence-corrected chi connectivity index (χ1v) is 17.8. The van der Waals surface area contributed by atoms with Crippen LogP contribution in [0.3, 0.4) is 0 Å². The molecule has 3 aromatic heterocycles. The third-order valence-electron chi connectivity index (χ3n) is 10.7. The van der Waals surface area contributed by atoms with E-state index < -0.39 is 0 Å². The zero-order valence-corrected chi connectivity index (χ0v) is 28.5. The Morgan fingerprint density at radius 3 is 1.55 bits per heavy atom. The smallest absolute Gasteiger partial charge is 0.210 e. The number of hydrogen-bond acceptors (Lipinski definition) is 1. The van der Waals surface area contributed by atoms with Gasteiger partial charge in [0.2, 0.25) is 5.69 Å². The molecule has 0 saturated carbocycles.